The van der Waals surface area contributed by atoms with Gasteiger partial charge in [-0.25, -0.2) is 4.98 Å². The molecule has 19 nitrogen and oxygen atoms in total. The molecule has 4 atom stereocenters. The Morgan fingerprint density at radius 3 is 2.48 bits per heavy atom. The zero-order valence-corrected chi connectivity index (χ0v) is 46.6. The van der Waals surface area contributed by atoms with Gasteiger partial charge in [0.2, 0.25) is 17.7 Å². The lowest BCUT2D eigenvalue weighted by Gasteiger charge is -2.38. The highest BCUT2D eigenvalue weighted by Crippen LogP contribution is 2.38. The number of amides is 3. The third-order valence-corrected chi connectivity index (χ3v) is 16.6. The summed E-state index contributed by atoms with van der Waals surface area (Å²) in [6, 6.07) is 18.8. The van der Waals surface area contributed by atoms with Crippen molar-refractivity contribution in [2.45, 2.75) is 104 Å². The minimum atomic E-state index is -0.856. The fourth-order valence-electron chi connectivity index (χ4n) is 11.5. The number of aromatic nitrogens is 4. The summed E-state index contributed by atoms with van der Waals surface area (Å²) in [7, 11) is 0. The number of thiazole rings is 1. The molecule has 79 heavy (non-hydrogen) atoms. The molecule has 20 heteroatoms. The van der Waals surface area contributed by atoms with Gasteiger partial charge in [0.25, 0.3) is 0 Å². The molecule has 0 spiro atoms. The predicted molar refractivity (Wildman–Crippen MR) is 301 cm³/mol. The monoisotopic (exact) mass is 1100 g/mol. The van der Waals surface area contributed by atoms with E-state index in [2.05, 4.69) is 49.7 Å². The number of carbonyl (C=O) groups is 3. The van der Waals surface area contributed by atoms with Crippen molar-refractivity contribution in [3.05, 3.63) is 113 Å². The van der Waals surface area contributed by atoms with Crippen LogP contribution in [0, 0.1) is 19.8 Å². The van der Waals surface area contributed by atoms with Gasteiger partial charge in [-0.1, -0.05) is 62.0 Å². The summed E-state index contributed by atoms with van der Waals surface area (Å²) in [5, 5.41) is 30.5. The van der Waals surface area contributed by atoms with Gasteiger partial charge in [0.1, 0.15) is 47.7 Å². The molecule has 418 valence electrons. The third kappa shape index (κ3) is 12.7. The van der Waals surface area contributed by atoms with Crippen molar-refractivity contribution >= 4 is 51.3 Å². The quantitative estimate of drug-likeness (QED) is 0.0562. The van der Waals surface area contributed by atoms with E-state index < -0.39 is 18.1 Å². The molecule has 3 amide bonds. The molecule has 0 unspecified atom stereocenters. The van der Waals surface area contributed by atoms with Crippen LogP contribution in [0.25, 0.3) is 21.2 Å². The van der Waals surface area contributed by atoms with E-state index in [1.165, 1.54) is 11.0 Å². The SMILES string of the molecule is C=CC(=O)N1CCN(c2nc(O[C@H](C)CN3CCC(OCCOc4cc(-c5scnc5C)ccc4CNC(=O)[C@@H]4C[C@@H](O)CN4C(=O)[C@H](c4cc(C)no4)C(C)C)CC3)nc3c2CCN(c2cc(O)cc4ccccc24)C3)CC1. The van der Waals surface area contributed by atoms with Crippen molar-refractivity contribution in [1.29, 1.82) is 0 Å². The van der Waals surface area contributed by atoms with Crippen LogP contribution in [-0.4, -0.2) is 159 Å². The van der Waals surface area contributed by atoms with Crippen LogP contribution in [0.1, 0.15) is 79.9 Å². The number of piperazine rings is 1. The zero-order valence-electron chi connectivity index (χ0n) is 45.8. The van der Waals surface area contributed by atoms with E-state index in [9.17, 15) is 24.6 Å². The standard InChI is InChI=1S/C59H72N10O9S/c1-7-53(72)66-20-22-67(23-21-66)56-47-16-19-68(49-29-43(70)27-40-10-8-9-11-46(40)49)34-48(47)62-59(63-56)77-38(5)32-65-17-14-45(15-18-65)75-24-25-76-51-28-41(55-39(6)61-35-79-55)12-13-42(51)31-60-57(73)50-30-44(71)33-69(50)58(74)54(36(2)3)52-26-37(4)64-78-52/h7-13,26-29,35-36,38,44-45,50,54,70-71H,1,14-25,30-34H2,2-6H3,(H,60,73)/t38-,44-,50+,54+/m1/s1. The Hall–Kier alpha value is -7.13. The number of nitrogens with one attached hydrogen (secondary N) is 1. The molecule has 4 aliphatic heterocycles. The largest absolute Gasteiger partial charge is 0.508 e. The molecule has 0 saturated carbocycles. The first kappa shape index (κ1) is 55.2. The highest BCUT2D eigenvalue weighted by atomic mass is 32.1. The van der Waals surface area contributed by atoms with Crippen LogP contribution in [0.2, 0.25) is 0 Å². The van der Waals surface area contributed by atoms with Gasteiger partial charge in [0.05, 0.1) is 52.8 Å². The maximum absolute atomic E-state index is 14.0. The smallest absolute Gasteiger partial charge is 0.318 e. The number of aliphatic hydroxyl groups is 1. The Morgan fingerprint density at radius 1 is 0.949 bits per heavy atom. The minimum absolute atomic E-state index is 0.0494. The number of aryl methyl sites for hydroxylation is 2. The number of phenols is 1. The third-order valence-electron chi connectivity index (χ3n) is 15.6. The van der Waals surface area contributed by atoms with Crippen LogP contribution in [0.5, 0.6) is 17.5 Å². The fourth-order valence-corrected chi connectivity index (χ4v) is 12.3. The van der Waals surface area contributed by atoms with Crippen LogP contribution in [0.4, 0.5) is 11.5 Å². The predicted octanol–water partition coefficient (Wildman–Crippen LogP) is 6.81. The van der Waals surface area contributed by atoms with Crippen LogP contribution >= 0.6 is 11.3 Å². The van der Waals surface area contributed by atoms with Crippen molar-refractivity contribution in [1.82, 2.24) is 40.1 Å². The van der Waals surface area contributed by atoms with Gasteiger partial charge in [-0.15, -0.1) is 11.3 Å². The Balaban J connectivity index is 0.742. The minimum Gasteiger partial charge on any atom is -0.508 e. The fraction of sp³-hybridized carbons (Fsp3) is 0.475. The number of fused-ring (bicyclic) bond motifs is 2. The summed E-state index contributed by atoms with van der Waals surface area (Å²) in [5.74, 6) is 0.638. The van der Waals surface area contributed by atoms with Gasteiger partial charge in [-0.2, -0.15) is 9.97 Å². The van der Waals surface area contributed by atoms with Gasteiger partial charge in [0, 0.05) is 106 Å². The summed E-state index contributed by atoms with van der Waals surface area (Å²) >= 11 is 1.55. The molecule has 3 N–H and O–H groups in total. The summed E-state index contributed by atoms with van der Waals surface area (Å²) in [6.45, 7) is 20.2. The molecule has 3 saturated heterocycles. The molecule has 7 heterocycles. The first-order chi connectivity index (χ1) is 38.2. The number of anilines is 2. The number of carbonyl (C=O) groups excluding carboxylic acids is 3. The van der Waals surface area contributed by atoms with Crippen molar-refractivity contribution in [2.75, 3.05) is 81.9 Å². The van der Waals surface area contributed by atoms with Crippen molar-refractivity contribution < 1.29 is 43.3 Å². The van der Waals surface area contributed by atoms with Crippen LogP contribution < -0.4 is 24.6 Å². The molecule has 4 aliphatic rings. The van der Waals surface area contributed by atoms with Gasteiger partial charge in [-0.05, 0) is 75.1 Å². The molecule has 3 fully saturated rings. The second kappa shape index (κ2) is 24.5. The Kier molecular flexibility index (Phi) is 17.1. The maximum Gasteiger partial charge on any atom is 0.318 e. The highest BCUT2D eigenvalue weighted by molar-refractivity contribution is 7.13. The number of β-amino-alcohol motifs (C(OH)–C–C–N with tert-alkyl or cyclic N) is 1. The Morgan fingerprint density at radius 2 is 1.75 bits per heavy atom. The molecule has 6 aromatic rings. The topological polar surface area (TPSA) is 212 Å². The van der Waals surface area contributed by atoms with E-state index in [0.717, 1.165) is 87.7 Å². The number of aromatic hydroxyl groups is 1. The zero-order chi connectivity index (χ0) is 55.3. The first-order valence-electron chi connectivity index (χ1n) is 27.6. The summed E-state index contributed by atoms with van der Waals surface area (Å²) in [5.41, 5.74) is 8.04. The molecule has 3 aromatic heterocycles. The number of nitrogens with zero attached hydrogens (tertiary/aromatic N) is 9. The van der Waals surface area contributed by atoms with Gasteiger partial charge >= 0.3 is 6.01 Å². The molecule has 0 aliphatic carbocycles. The Bertz CT molecular complexity index is 3150. The van der Waals surface area contributed by atoms with E-state index in [1.54, 1.807) is 30.4 Å². The molecule has 3 aromatic carbocycles. The lowest BCUT2D eigenvalue weighted by molar-refractivity contribution is -0.141. The Labute approximate surface area is 465 Å². The lowest BCUT2D eigenvalue weighted by atomic mass is 9.91. The second-order valence-corrected chi connectivity index (χ2v) is 22.4. The number of ether oxygens (including phenoxy) is 3. The number of piperidine rings is 1. The molecular formula is C59H72N10O9S. The van der Waals surface area contributed by atoms with Crippen LogP contribution in [0.3, 0.4) is 0 Å². The maximum atomic E-state index is 14.0. The molecule has 0 bridgehead atoms. The van der Waals surface area contributed by atoms with Crippen molar-refractivity contribution in [2.24, 2.45) is 5.92 Å². The summed E-state index contributed by atoms with van der Waals surface area (Å²) in [4.78, 5) is 66.2. The van der Waals surface area contributed by atoms with Crippen molar-refractivity contribution in [3.63, 3.8) is 0 Å². The normalized spacial score (nSPS) is 18.9. The first-order valence-corrected chi connectivity index (χ1v) is 28.5. The number of benzene rings is 3. The van der Waals surface area contributed by atoms with E-state index in [0.29, 0.717) is 82.1 Å². The van der Waals surface area contributed by atoms with Gasteiger partial charge in [-0.3, -0.25) is 19.3 Å². The van der Waals surface area contributed by atoms with Gasteiger partial charge in [0.15, 0.2) is 0 Å². The average molecular weight is 1100 g/mol. The van der Waals surface area contributed by atoms with Crippen molar-refractivity contribution in [3.8, 4) is 28.0 Å². The molecule has 0 radical (unpaired) electrons. The van der Waals surface area contributed by atoms with Crippen LogP contribution in [-0.2, 0) is 38.6 Å². The second-order valence-electron chi connectivity index (χ2n) is 21.6. The number of likely N-dealkylation sites (tertiary alicyclic amines) is 2. The van der Waals surface area contributed by atoms with E-state index in [-0.39, 0.29) is 61.1 Å². The number of phenolic OH excluding ortho intramolecular Hbond substituents is 1. The molecular weight excluding hydrogens is 1020 g/mol. The van der Waals surface area contributed by atoms with Gasteiger partial charge < -0.3 is 53.9 Å². The lowest BCUT2D eigenvalue weighted by Crippen LogP contribution is -2.49. The average Bonchev–Trinajstić information content (AvgIpc) is 4.24. The van der Waals surface area contributed by atoms with E-state index in [4.69, 9.17) is 28.7 Å². The number of rotatable bonds is 19. The summed E-state index contributed by atoms with van der Waals surface area (Å²) in [6.07, 6.45) is 2.89. The molecule has 10 rings (SSSR count). The summed E-state index contributed by atoms with van der Waals surface area (Å²) < 4.78 is 25.0. The number of hydrogen-bond acceptors (Lipinski definition) is 17. The van der Waals surface area contributed by atoms with E-state index in [1.807, 2.05) is 73.6 Å². The number of aliphatic hydroxyl groups excluding tert-OH is 1. The van der Waals surface area contributed by atoms with Crippen LogP contribution in [0.15, 0.2) is 83.4 Å². The highest BCUT2D eigenvalue weighted by Gasteiger charge is 2.43. The van der Waals surface area contributed by atoms with E-state index >= 15 is 0 Å². The number of hydrogen-bond donors (Lipinski definition) is 3.